The van der Waals surface area contributed by atoms with Gasteiger partial charge in [0.25, 0.3) is 0 Å². The molecule has 1 aromatic heterocycles. The van der Waals surface area contributed by atoms with Gasteiger partial charge in [0, 0.05) is 23.2 Å². The maximum Gasteiger partial charge on any atom is 0.238 e. The fourth-order valence-electron chi connectivity index (χ4n) is 3.28. The van der Waals surface area contributed by atoms with Gasteiger partial charge in [0.2, 0.25) is 10.0 Å². The fourth-order valence-corrected chi connectivity index (χ4v) is 4.36. The molecule has 0 spiro atoms. The SMILES string of the molecule is NS(=O)(=O)c1c2c(cc3cnccc13)CC1CC21. The lowest BCUT2D eigenvalue weighted by Crippen LogP contribution is -2.15. The van der Waals surface area contributed by atoms with E-state index in [1.165, 1.54) is 0 Å². The summed E-state index contributed by atoms with van der Waals surface area (Å²) < 4.78 is 23.9. The van der Waals surface area contributed by atoms with Crippen molar-refractivity contribution in [2.24, 2.45) is 11.1 Å². The highest BCUT2D eigenvalue weighted by Gasteiger charge is 2.48. The van der Waals surface area contributed by atoms with Crippen molar-refractivity contribution in [2.75, 3.05) is 0 Å². The Labute approximate surface area is 105 Å². The first-order chi connectivity index (χ1) is 8.55. The van der Waals surface area contributed by atoms with Crippen LogP contribution in [0.25, 0.3) is 10.8 Å². The minimum atomic E-state index is -3.69. The number of sulfonamides is 1. The van der Waals surface area contributed by atoms with Gasteiger partial charge in [0.15, 0.2) is 0 Å². The zero-order valence-electron chi connectivity index (χ0n) is 9.63. The first-order valence-corrected chi connectivity index (χ1v) is 7.52. The van der Waals surface area contributed by atoms with Crippen LogP contribution in [0, 0.1) is 5.92 Å². The summed E-state index contributed by atoms with van der Waals surface area (Å²) in [6.07, 6.45) is 5.40. The third kappa shape index (κ3) is 1.29. The van der Waals surface area contributed by atoms with E-state index < -0.39 is 10.0 Å². The maximum absolute atomic E-state index is 11.9. The highest BCUT2D eigenvalue weighted by molar-refractivity contribution is 7.89. The molecule has 2 aliphatic carbocycles. The monoisotopic (exact) mass is 260 g/mol. The maximum atomic E-state index is 11.9. The Kier molecular flexibility index (Phi) is 1.80. The Morgan fingerprint density at radius 2 is 2.22 bits per heavy atom. The zero-order chi connectivity index (χ0) is 12.5. The van der Waals surface area contributed by atoms with E-state index in [2.05, 4.69) is 11.1 Å². The van der Waals surface area contributed by atoms with Gasteiger partial charge in [-0.2, -0.15) is 0 Å². The highest BCUT2D eigenvalue weighted by atomic mass is 32.2. The molecule has 18 heavy (non-hydrogen) atoms. The molecular weight excluding hydrogens is 248 g/mol. The molecule has 1 saturated carbocycles. The number of hydrogen-bond donors (Lipinski definition) is 1. The second-order valence-electron chi connectivity index (χ2n) is 5.23. The number of primary sulfonamides is 1. The number of rotatable bonds is 1. The van der Waals surface area contributed by atoms with Crippen molar-refractivity contribution in [1.29, 1.82) is 0 Å². The molecule has 0 saturated heterocycles. The summed E-state index contributed by atoms with van der Waals surface area (Å²) in [6.45, 7) is 0. The lowest BCUT2D eigenvalue weighted by molar-refractivity contribution is 0.597. The van der Waals surface area contributed by atoms with Gasteiger partial charge in [-0.15, -0.1) is 0 Å². The van der Waals surface area contributed by atoms with Gasteiger partial charge in [-0.3, -0.25) is 4.98 Å². The van der Waals surface area contributed by atoms with Gasteiger partial charge in [0.1, 0.15) is 0 Å². The normalized spacial score (nSPS) is 24.9. The first-order valence-electron chi connectivity index (χ1n) is 5.98. The molecule has 0 bridgehead atoms. The molecule has 2 N–H and O–H groups in total. The largest absolute Gasteiger partial charge is 0.264 e. The first kappa shape index (κ1) is 10.5. The van der Waals surface area contributed by atoms with Crippen molar-refractivity contribution in [1.82, 2.24) is 4.98 Å². The summed E-state index contributed by atoms with van der Waals surface area (Å²) in [4.78, 5) is 4.39. The van der Waals surface area contributed by atoms with Gasteiger partial charge in [-0.1, -0.05) is 0 Å². The Morgan fingerprint density at radius 1 is 1.39 bits per heavy atom. The number of pyridine rings is 1. The Balaban J connectivity index is 2.20. The van der Waals surface area contributed by atoms with E-state index in [4.69, 9.17) is 5.14 Å². The summed E-state index contributed by atoms with van der Waals surface area (Å²) in [5.41, 5.74) is 2.11. The minimum Gasteiger partial charge on any atom is -0.264 e. The van der Waals surface area contributed by atoms with Crippen LogP contribution < -0.4 is 5.14 Å². The van der Waals surface area contributed by atoms with E-state index in [1.807, 2.05) is 0 Å². The van der Waals surface area contributed by atoms with Crippen LogP contribution >= 0.6 is 0 Å². The molecule has 5 heteroatoms. The minimum absolute atomic E-state index is 0.336. The number of nitrogens with zero attached hydrogens (tertiary/aromatic N) is 1. The quantitative estimate of drug-likeness (QED) is 0.845. The molecule has 1 aromatic carbocycles. The molecule has 1 fully saturated rings. The highest BCUT2D eigenvalue weighted by Crippen LogP contribution is 2.58. The van der Waals surface area contributed by atoms with Gasteiger partial charge < -0.3 is 0 Å². The Bertz CT molecular complexity index is 783. The summed E-state index contributed by atoms with van der Waals surface area (Å²) in [7, 11) is -3.69. The van der Waals surface area contributed by atoms with Crippen molar-refractivity contribution in [3.63, 3.8) is 0 Å². The molecule has 2 atom stereocenters. The predicted molar refractivity (Wildman–Crippen MR) is 67.7 cm³/mol. The molecule has 0 aliphatic heterocycles. The lowest BCUT2D eigenvalue weighted by atomic mass is 10.0. The van der Waals surface area contributed by atoms with Crippen molar-refractivity contribution in [3.05, 3.63) is 35.7 Å². The topological polar surface area (TPSA) is 73.1 Å². The van der Waals surface area contributed by atoms with Crippen LogP contribution in [-0.2, 0) is 16.4 Å². The summed E-state index contributed by atoms with van der Waals surface area (Å²) >= 11 is 0. The average Bonchev–Trinajstić information content (AvgIpc) is 2.98. The van der Waals surface area contributed by atoms with Crippen LogP contribution in [0.2, 0.25) is 0 Å². The molecule has 2 aliphatic rings. The van der Waals surface area contributed by atoms with Crippen molar-refractivity contribution >= 4 is 20.8 Å². The van der Waals surface area contributed by atoms with Crippen LogP contribution in [-0.4, -0.2) is 13.4 Å². The number of fused-ring (bicyclic) bond motifs is 4. The third-order valence-corrected chi connectivity index (χ3v) is 5.09. The van der Waals surface area contributed by atoms with Crippen LogP contribution in [0.5, 0.6) is 0 Å². The van der Waals surface area contributed by atoms with Crippen LogP contribution in [0.1, 0.15) is 23.5 Å². The molecule has 2 unspecified atom stereocenters. The van der Waals surface area contributed by atoms with Crippen LogP contribution in [0.3, 0.4) is 0 Å². The molecule has 0 radical (unpaired) electrons. The van der Waals surface area contributed by atoms with E-state index in [1.54, 1.807) is 18.5 Å². The molecule has 1 heterocycles. The van der Waals surface area contributed by atoms with Gasteiger partial charge >= 0.3 is 0 Å². The second-order valence-corrected chi connectivity index (χ2v) is 6.72. The molecule has 92 valence electrons. The molecule has 4 nitrogen and oxygen atoms in total. The Hall–Kier alpha value is -1.46. The predicted octanol–water partition coefficient (Wildman–Crippen LogP) is 1.54. The number of benzene rings is 1. The smallest absolute Gasteiger partial charge is 0.238 e. The third-order valence-electron chi connectivity index (χ3n) is 4.08. The van der Waals surface area contributed by atoms with Crippen molar-refractivity contribution < 1.29 is 8.42 Å². The van der Waals surface area contributed by atoms with E-state index in [-0.39, 0.29) is 0 Å². The van der Waals surface area contributed by atoms with Gasteiger partial charge in [0.05, 0.1) is 4.90 Å². The average molecular weight is 260 g/mol. The van der Waals surface area contributed by atoms with E-state index in [0.29, 0.717) is 22.1 Å². The molecule has 4 rings (SSSR count). The lowest BCUT2D eigenvalue weighted by Gasteiger charge is -2.12. The van der Waals surface area contributed by atoms with E-state index in [9.17, 15) is 8.42 Å². The Morgan fingerprint density at radius 3 is 3.00 bits per heavy atom. The van der Waals surface area contributed by atoms with Gasteiger partial charge in [-0.05, 0) is 47.9 Å². The molecular formula is C13H12N2O2S. The fraction of sp³-hybridized carbons (Fsp3) is 0.308. The standard InChI is InChI=1S/C13H12N2O2S/c14-18(16,17)13-10-1-2-15-6-9(10)4-8-3-7-5-11(7)12(8)13/h1-2,4,6-7,11H,3,5H2,(H2,14,16,17). The van der Waals surface area contributed by atoms with Gasteiger partial charge in [-0.25, -0.2) is 13.6 Å². The summed E-state index contributed by atoms with van der Waals surface area (Å²) in [5, 5.41) is 7.00. The van der Waals surface area contributed by atoms with Crippen LogP contribution in [0.4, 0.5) is 0 Å². The summed E-state index contributed by atoms with van der Waals surface area (Å²) in [6, 6.07) is 3.81. The number of nitrogens with two attached hydrogens (primary N) is 1. The van der Waals surface area contributed by atoms with Crippen LogP contribution in [0.15, 0.2) is 29.4 Å². The van der Waals surface area contributed by atoms with Crippen molar-refractivity contribution in [3.8, 4) is 0 Å². The second kappa shape index (κ2) is 3.10. The number of aromatic nitrogens is 1. The van der Waals surface area contributed by atoms with E-state index >= 15 is 0 Å². The molecule has 0 amide bonds. The number of hydrogen-bond acceptors (Lipinski definition) is 3. The molecule has 2 aromatic rings. The zero-order valence-corrected chi connectivity index (χ0v) is 10.4. The van der Waals surface area contributed by atoms with E-state index in [0.717, 1.165) is 29.4 Å². The summed E-state index contributed by atoms with van der Waals surface area (Å²) in [5.74, 6) is 1.04. The van der Waals surface area contributed by atoms with Crippen molar-refractivity contribution in [2.45, 2.75) is 23.7 Å².